The summed E-state index contributed by atoms with van der Waals surface area (Å²) in [7, 11) is 0. The minimum atomic E-state index is 0.0119. The van der Waals surface area contributed by atoms with Gasteiger partial charge >= 0.3 is 0 Å². The summed E-state index contributed by atoms with van der Waals surface area (Å²) in [6, 6.07) is 10.8. The maximum absolute atomic E-state index is 11.0. The Balaban J connectivity index is 2.28. The zero-order chi connectivity index (χ0) is 12.3. The van der Waals surface area contributed by atoms with E-state index in [2.05, 4.69) is 6.07 Å². The highest BCUT2D eigenvalue weighted by molar-refractivity contribution is 5.37. The van der Waals surface area contributed by atoms with E-state index in [4.69, 9.17) is 5.26 Å². The van der Waals surface area contributed by atoms with Crippen LogP contribution in [0.2, 0.25) is 0 Å². The Kier molecular flexibility index (Phi) is 3.06. The average Bonchev–Trinajstić information content (AvgIpc) is 2.34. The summed E-state index contributed by atoms with van der Waals surface area (Å²) in [6.45, 7) is 2.69. The van der Waals surface area contributed by atoms with Crippen LogP contribution in [0.4, 0.5) is 0 Å². The van der Waals surface area contributed by atoms with Gasteiger partial charge in [0.2, 0.25) is 0 Å². The van der Waals surface area contributed by atoms with Gasteiger partial charge in [-0.3, -0.25) is 4.79 Å². The van der Waals surface area contributed by atoms with Gasteiger partial charge in [0.05, 0.1) is 11.6 Å². The van der Waals surface area contributed by atoms with E-state index < -0.39 is 0 Å². The number of nitriles is 1. The molecule has 0 atom stereocenters. The normalized spacial score (nSPS) is 9.88. The molecule has 3 nitrogen and oxygen atoms in total. The first-order valence-corrected chi connectivity index (χ1v) is 5.35. The van der Waals surface area contributed by atoms with Crippen molar-refractivity contribution in [3.05, 3.63) is 69.6 Å². The highest BCUT2D eigenvalue weighted by atomic mass is 16.1. The van der Waals surface area contributed by atoms with Gasteiger partial charge in [-0.15, -0.1) is 0 Å². The molecule has 1 aromatic heterocycles. The van der Waals surface area contributed by atoms with Crippen LogP contribution in [0.3, 0.4) is 0 Å². The molecule has 0 unspecified atom stereocenters. The maximum Gasteiger partial charge on any atom is 0.181 e. The number of benzene rings is 1. The minimum Gasteiger partial charge on any atom is -0.350 e. The summed E-state index contributed by atoms with van der Waals surface area (Å²) in [5.74, 6) is 0. The van der Waals surface area contributed by atoms with Gasteiger partial charge in [-0.25, -0.2) is 0 Å². The zero-order valence-corrected chi connectivity index (χ0v) is 9.55. The van der Waals surface area contributed by atoms with Crippen LogP contribution in [0.25, 0.3) is 0 Å². The predicted molar refractivity (Wildman–Crippen MR) is 65.7 cm³/mol. The third-order valence-corrected chi connectivity index (χ3v) is 2.69. The van der Waals surface area contributed by atoms with Gasteiger partial charge < -0.3 is 4.57 Å². The first kappa shape index (κ1) is 11.2. The molecule has 3 heteroatoms. The predicted octanol–water partition coefficient (Wildman–Crippen LogP) is 2.08. The fourth-order valence-electron chi connectivity index (χ4n) is 1.69. The second-order valence-corrected chi connectivity index (χ2v) is 3.96. The van der Waals surface area contributed by atoms with Crippen LogP contribution in [-0.2, 0) is 6.54 Å². The lowest BCUT2D eigenvalue weighted by molar-refractivity contribution is 0.784. The maximum atomic E-state index is 11.0. The van der Waals surface area contributed by atoms with Crippen LogP contribution in [0.1, 0.15) is 16.7 Å². The fourth-order valence-corrected chi connectivity index (χ4v) is 1.69. The molecule has 0 saturated heterocycles. The fraction of sp³-hybridized carbons (Fsp3) is 0.143. The SMILES string of the molecule is Cc1cc(C#N)ccc1Cn1ccc(=O)cc1. The average molecular weight is 224 g/mol. The second kappa shape index (κ2) is 4.67. The minimum absolute atomic E-state index is 0.0119. The van der Waals surface area contributed by atoms with Crippen LogP contribution < -0.4 is 5.43 Å². The number of hydrogen-bond donors (Lipinski definition) is 0. The Morgan fingerprint density at radius 2 is 1.94 bits per heavy atom. The van der Waals surface area contributed by atoms with Crippen molar-refractivity contribution >= 4 is 0 Å². The van der Waals surface area contributed by atoms with E-state index in [0.717, 1.165) is 11.1 Å². The third-order valence-electron chi connectivity index (χ3n) is 2.69. The molecule has 1 aromatic carbocycles. The van der Waals surface area contributed by atoms with Gasteiger partial charge in [0.25, 0.3) is 0 Å². The monoisotopic (exact) mass is 224 g/mol. The molecule has 0 spiro atoms. The lowest BCUT2D eigenvalue weighted by Gasteiger charge is -2.08. The van der Waals surface area contributed by atoms with Crippen LogP contribution in [0.15, 0.2) is 47.5 Å². The number of rotatable bonds is 2. The molecule has 0 saturated carbocycles. The van der Waals surface area contributed by atoms with E-state index in [0.29, 0.717) is 12.1 Å². The zero-order valence-electron chi connectivity index (χ0n) is 9.55. The molecule has 0 radical (unpaired) electrons. The van der Waals surface area contributed by atoms with Gasteiger partial charge in [0, 0.05) is 31.1 Å². The topological polar surface area (TPSA) is 45.8 Å². The molecular weight excluding hydrogens is 212 g/mol. The quantitative estimate of drug-likeness (QED) is 0.784. The van der Waals surface area contributed by atoms with E-state index in [-0.39, 0.29) is 5.43 Å². The molecule has 0 fully saturated rings. The number of hydrogen-bond acceptors (Lipinski definition) is 2. The Bertz CT molecular complexity index is 615. The number of nitrogens with zero attached hydrogens (tertiary/aromatic N) is 2. The highest BCUT2D eigenvalue weighted by Crippen LogP contribution is 2.11. The van der Waals surface area contributed by atoms with E-state index >= 15 is 0 Å². The van der Waals surface area contributed by atoms with Gasteiger partial charge in [0.1, 0.15) is 0 Å². The molecule has 2 aromatic rings. The van der Waals surface area contributed by atoms with E-state index in [1.807, 2.05) is 29.7 Å². The summed E-state index contributed by atoms with van der Waals surface area (Å²) in [5.41, 5.74) is 2.92. The van der Waals surface area contributed by atoms with Crippen molar-refractivity contribution < 1.29 is 0 Å². The molecular formula is C14H12N2O. The van der Waals surface area contributed by atoms with Gasteiger partial charge in [-0.2, -0.15) is 5.26 Å². The van der Waals surface area contributed by atoms with Crippen molar-refractivity contribution in [2.75, 3.05) is 0 Å². The second-order valence-electron chi connectivity index (χ2n) is 3.96. The number of aryl methyl sites for hydroxylation is 1. The molecule has 0 aliphatic heterocycles. The molecule has 0 bridgehead atoms. The van der Waals surface area contributed by atoms with Crippen LogP contribution in [-0.4, -0.2) is 4.57 Å². The first-order chi connectivity index (χ1) is 8.19. The molecule has 1 heterocycles. The molecule has 0 aliphatic rings. The molecule has 0 aliphatic carbocycles. The lowest BCUT2D eigenvalue weighted by Crippen LogP contribution is -2.05. The molecule has 2 rings (SSSR count). The van der Waals surface area contributed by atoms with Gasteiger partial charge in [-0.1, -0.05) is 6.07 Å². The smallest absolute Gasteiger partial charge is 0.181 e. The molecule has 0 N–H and O–H groups in total. The van der Waals surface area contributed by atoms with Crippen molar-refractivity contribution in [1.82, 2.24) is 4.57 Å². The summed E-state index contributed by atoms with van der Waals surface area (Å²) >= 11 is 0. The summed E-state index contributed by atoms with van der Waals surface area (Å²) in [5, 5.41) is 8.78. The molecule has 84 valence electrons. The highest BCUT2D eigenvalue weighted by Gasteiger charge is 2.00. The Hall–Kier alpha value is -2.34. The summed E-state index contributed by atoms with van der Waals surface area (Å²) in [6.07, 6.45) is 3.53. The Labute approximate surface area is 99.6 Å². The van der Waals surface area contributed by atoms with Gasteiger partial charge in [0.15, 0.2) is 5.43 Å². The molecule has 0 amide bonds. The van der Waals surface area contributed by atoms with Crippen molar-refractivity contribution in [3.63, 3.8) is 0 Å². The van der Waals surface area contributed by atoms with Crippen molar-refractivity contribution in [2.24, 2.45) is 0 Å². The molecule has 17 heavy (non-hydrogen) atoms. The summed E-state index contributed by atoms with van der Waals surface area (Å²) in [4.78, 5) is 11.0. The third kappa shape index (κ3) is 2.61. The first-order valence-electron chi connectivity index (χ1n) is 5.35. The standard InChI is InChI=1S/C14H12N2O/c1-11-8-12(9-15)2-3-13(11)10-16-6-4-14(17)5-7-16/h2-8H,10H2,1H3. The van der Waals surface area contributed by atoms with E-state index in [1.165, 1.54) is 0 Å². The lowest BCUT2D eigenvalue weighted by atomic mass is 10.1. The van der Waals surface area contributed by atoms with Crippen molar-refractivity contribution in [3.8, 4) is 6.07 Å². The Morgan fingerprint density at radius 1 is 1.24 bits per heavy atom. The number of pyridine rings is 1. The van der Waals surface area contributed by atoms with Crippen molar-refractivity contribution in [2.45, 2.75) is 13.5 Å². The van der Waals surface area contributed by atoms with Crippen LogP contribution in [0.5, 0.6) is 0 Å². The van der Waals surface area contributed by atoms with Gasteiger partial charge in [-0.05, 0) is 30.2 Å². The van der Waals surface area contributed by atoms with Crippen LogP contribution >= 0.6 is 0 Å². The van der Waals surface area contributed by atoms with Crippen LogP contribution in [0, 0.1) is 18.3 Å². The summed E-state index contributed by atoms with van der Waals surface area (Å²) < 4.78 is 1.94. The van der Waals surface area contributed by atoms with Crippen molar-refractivity contribution in [1.29, 1.82) is 5.26 Å². The Morgan fingerprint density at radius 3 is 2.53 bits per heavy atom. The van der Waals surface area contributed by atoms with E-state index in [9.17, 15) is 4.79 Å². The van der Waals surface area contributed by atoms with E-state index in [1.54, 1.807) is 24.5 Å². The largest absolute Gasteiger partial charge is 0.350 e. The number of aromatic nitrogens is 1.